The van der Waals surface area contributed by atoms with Crippen molar-refractivity contribution >= 4 is 0 Å². The van der Waals surface area contributed by atoms with Crippen molar-refractivity contribution in [3.05, 3.63) is 27.2 Å². The van der Waals surface area contributed by atoms with E-state index < -0.39 is 17.3 Å². The molecule has 0 amide bonds. The number of hydrogen-bond donors (Lipinski definition) is 1. The molecule has 94 valence electrons. The standard InChI is InChI=1S/C10H12F3N3O/c1-16(2)6-4-3-5-7(10(11,12)13)9(17)15-14-8(5)6/h6H,3-4H2,1-2H3,(H,15,17). The first-order valence-electron chi connectivity index (χ1n) is 5.17. The van der Waals surface area contributed by atoms with Crippen LogP contribution in [0, 0.1) is 0 Å². The molecule has 1 aromatic rings. The van der Waals surface area contributed by atoms with Gasteiger partial charge in [0.1, 0.15) is 5.56 Å². The molecular weight excluding hydrogens is 235 g/mol. The van der Waals surface area contributed by atoms with Crippen LogP contribution in [0.25, 0.3) is 0 Å². The first-order chi connectivity index (χ1) is 7.82. The van der Waals surface area contributed by atoms with Crippen molar-refractivity contribution in [2.75, 3.05) is 14.1 Å². The Kier molecular flexibility index (Phi) is 2.73. The molecule has 1 heterocycles. The molecule has 1 aliphatic carbocycles. The first kappa shape index (κ1) is 12.1. The van der Waals surface area contributed by atoms with Gasteiger partial charge in [0.25, 0.3) is 5.56 Å². The normalized spacial score (nSPS) is 19.8. The summed E-state index contributed by atoms with van der Waals surface area (Å²) in [6.07, 6.45) is -3.83. The Labute approximate surface area is 95.4 Å². The van der Waals surface area contributed by atoms with Crippen LogP contribution in [-0.4, -0.2) is 29.2 Å². The van der Waals surface area contributed by atoms with Crippen LogP contribution in [0.1, 0.15) is 29.3 Å². The van der Waals surface area contributed by atoms with E-state index in [4.69, 9.17) is 0 Å². The second-order valence-corrected chi connectivity index (χ2v) is 4.31. The van der Waals surface area contributed by atoms with Crippen LogP contribution >= 0.6 is 0 Å². The number of hydrogen-bond acceptors (Lipinski definition) is 3. The van der Waals surface area contributed by atoms with E-state index in [1.165, 1.54) is 0 Å². The molecule has 0 bridgehead atoms. The summed E-state index contributed by atoms with van der Waals surface area (Å²) in [6.45, 7) is 0. The van der Waals surface area contributed by atoms with Gasteiger partial charge in [0.15, 0.2) is 0 Å². The van der Waals surface area contributed by atoms with E-state index >= 15 is 0 Å². The van der Waals surface area contributed by atoms with Crippen molar-refractivity contribution in [1.82, 2.24) is 15.1 Å². The molecule has 1 aromatic heterocycles. The van der Waals surface area contributed by atoms with Gasteiger partial charge in [-0.1, -0.05) is 0 Å². The molecule has 17 heavy (non-hydrogen) atoms. The van der Waals surface area contributed by atoms with Crippen LogP contribution in [0.2, 0.25) is 0 Å². The lowest BCUT2D eigenvalue weighted by Crippen LogP contribution is -2.27. The van der Waals surface area contributed by atoms with Gasteiger partial charge >= 0.3 is 6.18 Å². The second-order valence-electron chi connectivity index (χ2n) is 4.31. The summed E-state index contributed by atoms with van der Waals surface area (Å²) in [5, 5.41) is 5.70. The van der Waals surface area contributed by atoms with E-state index in [1.54, 1.807) is 19.0 Å². The highest BCUT2D eigenvalue weighted by atomic mass is 19.4. The van der Waals surface area contributed by atoms with Gasteiger partial charge < -0.3 is 4.90 Å². The quantitative estimate of drug-likeness (QED) is 0.814. The number of aromatic amines is 1. The minimum atomic E-state index is -4.62. The Bertz CT molecular complexity index is 493. The van der Waals surface area contributed by atoms with E-state index in [9.17, 15) is 18.0 Å². The zero-order valence-electron chi connectivity index (χ0n) is 9.43. The van der Waals surface area contributed by atoms with Crippen LogP contribution in [0.5, 0.6) is 0 Å². The number of H-pyrrole nitrogens is 1. The Hall–Kier alpha value is -1.37. The van der Waals surface area contributed by atoms with Gasteiger partial charge in [-0.25, -0.2) is 5.10 Å². The first-order valence-corrected chi connectivity index (χ1v) is 5.17. The molecule has 4 nitrogen and oxygen atoms in total. The number of fused-ring (bicyclic) bond motifs is 1. The highest BCUT2D eigenvalue weighted by Gasteiger charge is 2.41. The number of nitrogens with zero attached hydrogens (tertiary/aromatic N) is 2. The maximum Gasteiger partial charge on any atom is 0.422 e. The van der Waals surface area contributed by atoms with Crippen molar-refractivity contribution in [2.24, 2.45) is 0 Å². The third-order valence-electron chi connectivity index (χ3n) is 3.01. The number of halogens is 3. The highest BCUT2D eigenvalue weighted by molar-refractivity contribution is 5.35. The summed E-state index contributed by atoms with van der Waals surface area (Å²) in [5.74, 6) is 0. The maximum atomic E-state index is 12.8. The molecule has 1 atom stereocenters. The Morgan fingerprint density at radius 3 is 2.59 bits per heavy atom. The van der Waals surface area contributed by atoms with Crippen LogP contribution in [-0.2, 0) is 12.6 Å². The zero-order chi connectivity index (χ0) is 12.8. The second kappa shape index (κ2) is 3.83. The summed E-state index contributed by atoms with van der Waals surface area (Å²) >= 11 is 0. The lowest BCUT2D eigenvalue weighted by molar-refractivity contribution is -0.139. The molecule has 7 heteroatoms. The molecule has 1 aliphatic rings. The van der Waals surface area contributed by atoms with Gasteiger partial charge in [0.05, 0.1) is 11.7 Å². The molecule has 0 aliphatic heterocycles. The molecular formula is C10H12F3N3O. The fourth-order valence-electron chi connectivity index (χ4n) is 2.25. The Balaban J connectivity index is 2.61. The largest absolute Gasteiger partial charge is 0.422 e. The Morgan fingerprint density at radius 2 is 2.06 bits per heavy atom. The SMILES string of the molecule is CN(C)C1CCc2c1n[nH]c(=O)c2C(F)(F)F. The maximum absolute atomic E-state index is 12.8. The van der Waals surface area contributed by atoms with Crippen LogP contribution < -0.4 is 5.56 Å². The molecule has 2 rings (SSSR count). The van der Waals surface area contributed by atoms with Gasteiger partial charge in [0, 0.05) is 0 Å². The average Bonchev–Trinajstić information content (AvgIpc) is 2.58. The molecule has 1 unspecified atom stereocenters. The zero-order valence-corrected chi connectivity index (χ0v) is 9.43. The van der Waals surface area contributed by atoms with Crippen molar-refractivity contribution in [2.45, 2.75) is 25.1 Å². The van der Waals surface area contributed by atoms with Crippen LogP contribution in [0.3, 0.4) is 0 Å². The van der Waals surface area contributed by atoms with E-state index in [2.05, 4.69) is 5.10 Å². The van der Waals surface area contributed by atoms with Gasteiger partial charge in [-0.15, -0.1) is 0 Å². The van der Waals surface area contributed by atoms with Crippen molar-refractivity contribution in [1.29, 1.82) is 0 Å². The molecule has 0 spiro atoms. The third kappa shape index (κ3) is 1.95. The minimum absolute atomic E-state index is 0.0416. The van der Waals surface area contributed by atoms with Crippen LogP contribution in [0.4, 0.5) is 13.2 Å². The summed E-state index contributed by atoms with van der Waals surface area (Å²) in [5.41, 5.74) is -1.87. The topological polar surface area (TPSA) is 49.0 Å². The monoisotopic (exact) mass is 247 g/mol. The molecule has 0 saturated heterocycles. The van der Waals surface area contributed by atoms with Gasteiger partial charge in [-0.05, 0) is 32.5 Å². The fourth-order valence-corrected chi connectivity index (χ4v) is 2.25. The number of rotatable bonds is 1. The molecule has 0 aromatic carbocycles. The van der Waals surface area contributed by atoms with E-state index in [1.807, 2.05) is 5.10 Å². The van der Waals surface area contributed by atoms with E-state index in [0.29, 0.717) is 12.1 Å². The van der Waals surface area contributed by atoms with Gasteiger partial charge in [-0.3, -0.25) is 4.79 Å². The average molecular weight is 247 g/mol. The number of alkyl halides is 3. The summed E-state index contributed by atoms with van der Waals surface area (Å²) < 4.78 is 38.3. The highest BCUT2D eigenvalue weighted by Crippen LogP contribution is 2.38. The van der Waals surface area contributed by atoms with Crippen LogP contribution in [0.15, 0.2) is 4.79 Å². The predicted molar refractivity (Wildman–Crippen MR) is 54.6 cm³/mol. The molecule has 0 radical (unpaired) electrons. The molecule has 1 N–H and O–H groups in total. The number of nitrogens with one attached hydrogen (secondary N) is 1. The third-order valence-corrected chi connectivity index (χ3v) is 3.01. The van der Waals surface area contributed by atoms with Crippen molar-refractivity contribution in [3.63, 3.8) is 0 Å². The van der Waals surface area contributed by atoms with E-state index in [0.717, 1.165) is 0 Å². The number of aromatic nitrogens is 2. The summed E-state index contributed by atoms with van der Waals surface area (Å²) in [7, 11) is 3.56. The lowest BCUT2D eigenvalue weighted by Gasteiger charge is -2.19. The summed E-state index contributed by atoms with van der Waals surface area (Å²) in [4.78, 5) is 13.1. The Morgan fingerprint density at radius 1 is 1.41 bits per heavy atom. The summed E-state index contributed by atoms with van der Waals surface area (Å²) in [6, 6.07) is -0.164. The van der Waals surface area contributed by atoms with Crippen molar-refractivity contribution in [3.8, 4) is 0 Å². The lowest BCUT2D eigenvalue weighted by atomic mass is 10.1. The fraction of sp³-hybridized carbons (Fsp3) is 0.600. The smallest absolute Gasteiger partial charge is 0.301 e. The predicted octanol–water partition coefficient (Wildman–Crippen LogP) is 1.34. The van der Waals surface area contributed by atoms with Crippen molar-refractivity contribution < 1.29 is 13.2 Å². The van der Waals surface area contributed by atoms with E-state index in [-0.39, 0.29) is 18.0 Å². The minimum Gasteiger partial charge on any atom is -0.301 e. The molecule has 0 saturated carbocycles. The molecule has 0 fully saturated rings. The van der Waals surface area contributed by atoms with Gasteiger partial charge in [-0.2, -0.15) is 18.3 Å². The van der Waals surface area contributed by atoms with Gasteiger partial charge in [0.2, 0.25) is 0 Å².